The van der Waals surface area contributed by atoms with E-state index in [1.54, 1.807) is 11.5 Å². The largest absolute Gasteiger partial charge is 0.494 e. The Bertz CT molecular complexity index is 1420. The van der Waals surface area contributed by atoms with Gasteiger partial charge >= 0.3 is 0 Å². The van der Waals surface area contributed by atoms with Crippen molar-refractivity contribution in [3.63, 3.8) is 0 Å². The summed E-state index contributed by atoms with van der Waals surface area (Å²) in [5, 5.41) is 11.1. The van der Waals surface area contributed by atoms with Crippen molar-refractivity contribution in [2.24, 2.45) is 0 Å². The van der Waals surface area contributed by atoms with Crippen molar-refractivity contribution in [1.82, 2.24) is 14.4 Å². The number of aromatic hydroxyl groups is 1. The number of benzene rings is 3. The number of methoxy groups -OCH3 is 1. The molecule has 5 rings (SSSR count). The molecule has 0 aliphatic heterocycles. The molecule has 0 saturated heterocycles. The van der Waals surface area contributed by atoms with Crippen molar-refractivity contribution < 1.29 is 14.6 Å². The van der Waals surface area contributed by atoms with Crippen molar-refractivity contribution in [1.29, 1.82) is 0 Å². The molecule has 0 unspecified atom stereocenters. The SMILES string of the molecule is COCCCOc1ccc(-c2cn3c(O)c(Cc4ccccc4)nc3c(Cc3ccccc3)n2)cc1. The van der Waals surface area contributed by atoms with Crippen LogP contribution < -0.4 is 4.74 Å². The second kappa shape index (κ2) is 11.1. The Hall–Kier alpha value is -4.16. The van der Waals surface area contributed by atoms with E-state index in [0.717, 1.165) is 40.2 Å². The van der Waals surface area contributed by atoms with Crippen LogP contribution in [-0.4, -0.2) is 39.8 Å². The Labute approximate surface area is 210 Å². The summed E-state index contributed by atoms with van der Waals surface area (Å²) in [5.74, 6) is 0.945. The lowest BCUT2D eigenvalue weighted by Gasteiger charge is -2.10. The fourth-order valence-electron chi connectivity index (χ4n) is 4.21. The third-order valence-corrected chi connectivity index (χ3v) is 6.06. The van der Waals surface area contributed by atoms with E-state index in [0.29, 0.717) is 37.4 Å². The maximum absolute atomic E-state index is 11.1. The van der Waals surface area contributed by atoms with Crippen LogP contribution in [0.15, 0.2) is 91.1 Å². The lowest BCUT2D eigenvalue weighted by Crippen LogP contribution is -2.02. The normalized spacial score (nSPS) is 11.1. The molecule has 2 heterocycles. The number of hydrogen-bond donors (Lipinski definition) is 1. The molecule has 0 bridgehead atoms. The molecule has 0 aliphatic carbocycles. The van der Waals surface area contributed by atoms with Crippen molar-refractivity contribution in [3.8, 4) is 22.9 Å². The van der Waals surface area contributed by atoms with Gasteiger partial charge in [0.25, 0.3) is 0 Å². The molecule has 5 aromatic rings. The Balaban J connectivity index is 1.51. The first-order chi connectivity index (χ1) is 17.7. The molecule has 182 valence electrons. The van der Waals surface area contributed by atoms with Crippen molar-refractivity contribution in [2.75, 3.05) is 20.3 Å². The van der Waals surface area contributed by atoms with Crippen LogP contribution in [0.2, 0.25) is 0 Å². The summed E-state index contributed by atoms with van der Waals surface area (Å²) in [4.78, 5) is 9.81. The number of aromatic nitrogens is 3. The molecule has 0 aliphatic rings. The molecule has 0 radical (unpaired) electrons. The zero-order valence-electron chi connectivity index (χ0n) is 20.3. The summed E-state index contributed by atoms with van der Waals surface area (Å²) in [6, 6.07) is 28.1. The van der Waals surface area contributed by atoms with E-state index in [9.17, 15) is 5.11 Å². The van der Waals surface area contributed by atoms with E-state index in [-0.39, 0.29) is 5.88 Å². The van der Waals surface area contributed by atoms with Gasteiger partial charge in [-0.2, -0.15) is 0 Å². The van der Waals surface area contributed by atoms with E-state index in [1.807, 2.05) is 79.0 Å². The highest BCUT2D eigenvalue weighted by Crippen LogP contribution is 2.29. The number of nitrogens with zero attached hydrogens (tertiary/aromatic N) is 3. The predicted molar refractivity (Wildman–Crippen MR) is 141 cm³/mol. The van der Waals surface area contributed by atoms with Gasteiger partial charge in [0.2, 0.25) is 5.88 Å². The minimum Gasteiger partial charge on any atom is -0.494 e. The fraction of sp³-hybridized carbons (Fsp3) is 0.200. The molecule has 3 aromatic carbocycles. The number of ether oxygens (including phenoxy) is 2. The van der Waals surface area contributed by atoms with Crippen LogP contribution in [-0.2, 0) is 17.6 Å². The topological polar surface area (TPSA) is 68.9 Å². The summed E-state index contributed by atoms with van der Waals surface area (Å²) < 4.78 is 12.6. The predicted octanol–water partition coefficient (Wildman–Crippen LogP) is 5.70. The zero-order chi connectivity index (χ0) is 24.7. The number of hydrogen-bond acceptors (Lipinski definition) is 5. The van der Waals surface area contributed by atoms with Crippen LogP contribution >= 0.6 is 0 Å². The maximum atomic E-state index is 11.1. The number of rotatable bonds is 10. The third-order valence-electron chi connectivity index (χ3n) is 6.06. The van der Waals surface area contributed by atoms with Gasteiger partial charge in [-0.05, 0) is 35.4 Å². The first kappa shape index (κ1) is 23.6. The van der Waals surface area contributed by atoms with E-state index in [1.165, 1.54) is 0 Å². The first-order valence-electron chi connectivity index (χ1n) is 12.1. The Morgan fingerprint density at radius 1 is 0.750 bits per heavy atom. The molecule has 6 nitrogen and oxygen atoms in total. The fourth-order valence-corrected chi connectivity index (χ4v) is 4.21. The Morgan fingerprint density at radius 3 is 2.03 bits per heavy atom. The van der Waals surface area contributed by atoms with E-state index in [4.69, 9.17) is 19.4 Å². The molecule has 0 spiro atoms. The average Bonchev–Trinajstić information content (AvgIpc) is 3.23. The minimum absolute atomic E-state index is 0.143. The lowest BCUT2D eigenvalue weighted by atomic mass is 10.1. The molecule has 6 heteroatoms. The highest BCUT2D eigenvalue weighted by Gasteiger charge is 2.18. The molecule has 0 atom stereocenters. The van der Waals surface area contributed by atoms with Crippen LogP contribution in [0.1, 0.15) is 28.9 Å². The van der Waals surface area contributed by atoms with Gasteiger partial charge in [0.1, 0.15) is 11.4 Å². The molecule has 0 amide bonds. The number of fused-ring (bicyclic) bond motifs is 1. The summed E-state index contributed by atoms with van der Waals surface area (Å²) in [7, 11) is 1.69. The van der Waals surface area contributed by atoms with Gasteiger partial charge in [-0.3, -0.25) is 4.40 Å². The molecular formula is C30H29N3O3. The van der Waals surface area contributed by atoms with Crippen molar-refractivity contribution >= 4 is 5.65 Å². The van der Waals surface area contributed by atoms with Gasteiger partial charge in [-0.1, -0.05) is 60.7 Å². The van der Waals surface area contributed by atoms with Crippen LogP contribution in [0.4, 0.5) is 0 Å². The molecular weight excluding hydrogens is 450 g/mol. The zero-order valence-corrected chi connectivity index (χ0v) is 20.3. The minimum atomic E-state index is 0.143. The second-order valence-electron chi connectivity index (χ2n) is 8.69. The summed E-state index contributed by atoms with van der Waals surface area (Å²) >= 11 is 0. The van der Waals surface area contributed by atoms with Crippen LogP contribution in [0, 0.1) is 0 Å². The standard InChI is InChI=1S/C30H29N3O3/c1-35-17-8-18-36-25-15-13-24(14-16-25)28-21-33-29(26(31-28)19-22-9-4-2-5-10-22)32-27(30(33)34)20-23-11-6-3-7-12-23/h2-7,9-16,21,34H,8,17-20H2,1H3. The van der Waals surface area contributed by atoms with Crippen LogP contribution in [0.3, 0.4) is 0 Å². The van der Waals surface area contributed by atoms with Gasteiger partial charge in [-0.15, -0.1) is 0 Å². The van der Waals surface area contributed by atoms with Gasteiger partial charge in [-0.25, -0.2) is 9.97 Å². The lowest BCUT2D eigenvalue weighted by molar-refractivity contribution is 0.172. The Morgan fingerprint density at radius 2 is 1.39 bits per heavy atom. The second-order valence-corrected chi connectivity index (χ2v) is 8.69. The maximum Gasteiger partial charge on any atom is 0.219 e. The van der Waals surface area contributed by atoms with Gasteiger partial charge < -0.3 is 14.6 Å². The molecule has 36 heavy (non-hydrogen) atoms. The highest BCUT2D eigenvalue weighted by atomic mass is 16.5. The van der Waals surface area contributed by atoms with Crippen LogP contribution in [0.25, 0.3) is 16.9 Å². The van der Waals surface area contributed by atoms with Gasteiger partial charge in [0.15, 0.2) is 5.65 Å². The van der Waals surface area contributed by atoms with Gasteiger partial charge in [0.05, 0.1) is 18.0 Å². The summed E-state index contributed by atoms with van der Waals surface area (Å²) in [5.41, 5.74) is 6.05. The average molecular weight is 480 g/mol. The van der Waals surface area contributed by atoms with E-state index in [2.05, 4.69) is 12.1 Å². The smallest absolute Gasteiger partial charge is 0.219 e. The molecule has 2 aromatic heterocycles. The van der Waals surface area contributed by atoms with E-state index >= 15 is 0 Å². The number of imidazole rings is 1. The molecule has 0 saturated carbocycles. The van der Waals surface area contributed by atoms with Crippen molar-refractivity contribution in [3.05, 3.63) is 114 Å². The van der Waals surface area contributed by atoms with Crippen LogP contribution in [0.5, 0.6) is 11.6 Å². The Kier molecular flexibility index (Phi) is 7.24. The summed E-state index contributed by atoms with van der Waals surface area (Å²) in [6.45, 7) is 1.28. The summed E-state index contributed by atoms with van der Waals surface area (Å²) in [6.07, 6.45) is 3.85. The van der Waals surface area contributed by atoms with E-state index < -0.39 is 0 Å². The monoisotopic (exact) mass is 479 g/mol. The first-order valence-corrected chi connectivity index (χ1v) is 12.1. The van der Waals surface area contributed by atoms with Crippen molar-refractivity contribution in [2.45, 2.75) is 19.3 Å². The van der Waals surface area contributed by atoms with Gasteiger partial charge in [0, 0.05) is 44.7 Å². The third kappa shape index (κ3) is 5.39. The molecule has 0 fully saturated rings. The molecule has 1 N–H and O–H groups in total. The highest BCUT2D eigenvalue weighted by molar-refractivity contribution is 5.64. The quantitative estimate of drug-likeness (QED) is 0.260.